The first-order chi connectivity index (χ1) is 9.80. The van der Waals surface area contributed by atoms with Crippen molar-refractivity contribution >= 4 is 23.3 Å². The van der Waals surface area contributed by atoms with Gasteiger partial charge in [-0.05, 0) is 30.7 Å². The zero-order valence-corrected chi connectivity index (χ0v) is 13.8. The number of thiophene rings is 1. The molecule has 2 unspecified atom stereocenters. The molecule has 1 heterocycles. The van der Waals surface area contributed by atoms with Gasteiger partial charge >= 0.3 is 12.0 Å². The first-order valence-corrected chi connectivity index (χ1v) is 7.99. The fourth-order valence-corrected chi connectivity index (χ4v) is 2.80. The van der Waals surface area contributed by atoms with Crippen LogP contribution in [0.3, 0.4) is 0 Å². The Hall–Kier alpha value is -1.56. The van der Waals surface area contributed by atoms with Crippen molar-refractivity contribution in [1.29, 1.82) is 0 Å². The lowest BCUT2D eigenvalue weighted by molar-refractivity contribution is -0.147. The Bertz CT molecular complexity index is 473. The quantitative estimate of drug-likeness (QED) is 0.723. The van der Waals surface area contributed by atoms with Crippen molar-refractivity contribution < 1.29 is 14.7 Å². The Labute approximate surface area is 129 Å². The number of hydrogen-bond donors (Lipinski definition) is 3. The number of aliphatic carboxylic acids is 1. The number of hydrogen-bond acceptors (Lipinski definition) is 3. The first-order valence-electron chi connectivity index (χ1n) is 7.11. The van der Waals surface area contributed by atoms with Gasteiger partial charge in [0, 0.05) is 11.4 Å². The largest absolute Gasteiger partial charge is 0.481 e. The maximum Gasteiger partial charge on any atom is 0.315 e. The summed E-state index contributed by atoms with van der Waals surface area (Å²) in [5.41, 5.74) is -0.937. The van der Waals surface area contributed by atoms with Crippen molar-refractivity contribution in [3.05, 3.63) is 22.4 Å². The van der Waals surface area contributed by atoms with Crippen molar-refractivity contribution in [2.45, 2.75) is 40.2 Å². The highest BCUT2D eigenvalue weighted by Crippen LogP contribution is 2.25. The SMILES string of the molecule is CCC(C)(CNC(=O)NC(c1cccs1)C(C)C)C(=O)O. The van der Waals surface area contributed by atoms with Crippen LogP contribution >= 0.6 is 11.3 Å². The van der Waals surface area contributed by atoms with Crippen LogP contribution in [0.15, 0.2) is 17.5 Å². The van der Waals surface area contributed by atoms with Crippen LogP contribution in [-0.2, 0) is 4.79 Å². The maximum atomic E-state index is 12.0. The van der Waals surface area contributed by atoms with Crippen LogP contribution in [0.2, 0.25) is 0 Å². The molecule has 0 radical (unpaired) electrons. The number of amides is 2. The molecule has 1 aromatic rings. The van der Waals surface area contributed by atoms with Gasteiger partial charge < -0.3 is 15.7 Å². The summed E-state index contributed by atoms with van der Waals surface area (Å²) in [4.78, 5) is 24.3. The highest BCUT2D eigenvalue weighted by molar-refractivity contribution is 7.10. The van der Waals surface area contributed by atoms with Crippen LogP contribution in [-0.4, -0.2) is 23.7 Å². The van der Waals surface area contributed by atoms with Crippen LogP contribution in [0.5, 0.6) is 0 Å². The molecular weight excluding hydrogens is 288 g/mol. The minimum absolute atomic E-state index is 0.0669. The van der Waals surface area contributed by atoms with Gasteiger partial charge in [0.1, 0.15) is 0 Å². The topological polar surface area (TPSA) is 78.4 Å². The predicted molar refractivity (Wildman–Crippen MR) is 84.5 cm³/mol. The van der Waals surface area contributed by atoms with E-state index in [0.717, 1.165) is 4.88 Å². The molecule has 0 aliphatic carbocycles. The van der Waals surface area contributed by atoms with Gasteiger partial charge in [-0.25, -0.2) is 4.79 Å². The summed E-state index contributed by atoms with van der Waals surface area (Å²) in [5.74, 6) is -0.643. The first kappa shape index (κ1) is 17.5. The van der Waals surface area contributed by atoms with E-state index in [-0.39, 0.29) is 24.5 Å². The molecule has 0 aliphatic rings. The molecule has 0 aromatic carbocycles. The van der Waals surface area contributed by atoms with Crippen LogP contribution in [0.25, 0.3) is 0 Å². The second kappa shape index (κ2) is 7.45. The lowest BCUT2D eigenvalue weighted by Gasteiger charge is -2.25. The number of rotatable bonds is 7. The van der Waals surface area contributed by atoms with Crippen molar-refractivity contribution in [1.82, 2.24) is 10.6 Å². The molecule has 0 bridgehead atoms. The summed E-state index contributed by atoms with van der Waals surface area (Å²) in [7, 11) is 0. The molecule has 0 saturated heterocycles. The Kier molecular flexibility index (Phi) is 6.20. The summed E-state index contributed by atoms with van der Waals surface area (Å²) in [6, 6.07) is 3.54. The lowest BCUT2D eigenvalue weighted by Crippen LogP contribution is -2.46. The molecule has 1 aromatic heterocycles. The van der Waals surface area contributed by atoms with E-state index >= 15 is 0 Å². The van der Waals surface area contributed by atoms with Crippen molar-refractivity contribution in [3.8, 4) is 0 Å². The molecule has 5 nitrogen and oxygen atoms in total. The fraction of sp³-hybridized carbons (Fsp3) is 0.600. The van der Waals surface area contributed by atoms with Gasteiger partial charge in [0.25, 0.3) is 0 Å². The molecule has 3 N–H and O–H groups in total. The molecule has 6 heteroatoms. The molecule has 0 aliphatic heterocycles. The average Bonchev–Trinajstić information content (AvgIpc) is 2.95. The molecule has 0 fully saturated rings. The minimum atomic E-state index is -0.937. The minimum Gasteiger partial charge on any atom is -0.481 e. The van der Waals surface area contributed by atoms with Gasteiger partial charge in [-0.15, -0.1) is 11.3 Å². The second-order valence-corrected chi connectivity index (χ2v) is 6.76. The van der Waals surface area contributed by atoms with E-state index in [0.29, 0.717) is 6.42 Å². The van der Waals surface area contributed by atoms with Crippen LogP contribution in [0.4, 0.5) is 4.79 Å². The zero-order valence-electron chi connectivity index (χ0n) is 13.0. The van der Waals surface area contributed by atoms with Crippen molar-refractivity contribution in [3.63, 3.8) is 0 Å². The zero-order chi connectivity index (χ0) is 16.0. The third-order valence-corrected chi connectivity index (χ3v) is 4.69. The normalized spacial score (nSPS) is 15.3. The van der Waals surface area contributed by atoms with Crippen molar-refractivity contribution in [2.24, 2.45) is 11.3 Å². The Morgan fingerprint density at radius 2 is 2.10 bits per heavy atom. The highest BCUT2D eigenvalue weighted by atomic mass is 32.1. The van der Waals surface area contributed by atoms with Crippen LogP contribution in [0.1, 0.15) is 45.0 Å². The van der Waals surface area contributed by atoms with E-state index in [4.69, 9.17) is 0 Å². The number of carboxylic acid groups (broad SMARTS) is 1. The van der Waals surface area contributed by atoms with E-state index < -0.39 is 11.4 Å². The van der Waals surface area contributed by atoms with E-state index in [1.165, 1.54) is 0 Å². The van der Waals surface area contributed by atoms with Gasteiger partial charge in [0.2, 0.25) is 0 Å². The molecule has 1 rings (SSSR count). The van der Waals surface area contributed by atoms with Gasteiger partial charge in [0.05, 0.1) is 11.5 Å². The summed E-state index contributed by atoms with van der Waals surface area (Å²) >= 11 is 1.60. The Morgan fingerprint density at radius 1 is 1.43 bits per heavy atom. The Balaban J connectivity index is 2.62. The van der Waals surface area contributed by atoms with E-state index in [1.807, 2.05) is 31.4 Å². The lowest BCUT2D eigenvalue weighted by atomic mass is 9.88. The van der Waals surface area contributed by atoms with Gasteiger partial charge in [-0.3, -0.25) is 4.79 Å². The summed E-state index contributed by atoms with van der Waals surface area (Å²) in [6.07, 6.45) is 0.459. The molecule has 0 saturated carbocycles. The fourth-order valence-electron chi connectivity index (χ4n) is 1.85. The molecule has 21 heavy (non-hydrogen) atoms. The molecule has 0 spiro atoms. The molecule has 2 atom stereocenters. The van der Waals surface area contributed by atoms with Gasteiger partial charge in [0.15, 0.2) is 0 Å². The van der Waals surface area contributed by atoms with Gasteiger partial charge in [-0.1, -0.05) is 26.8 Å². The molecule has 2 amide bonds. The average molecular weight is 312 g/mol. The highest BCUT2D eigenvalue weighted by Gasteiger charge is 2.31. The third kappa shape index (κ3) is 4.74. The third-order valence-electron chi connectivity index (χ3n) is 3.74. The van der Waals surface area contributed by atoms with Crippen LogP contribution in [0, 0.1) is 11.3 Å². The molecular formula is C15H24N2O3S. The van der Waals surface area contributed by atoms with E-state index in [2.05, 4.69) is 10.6 Å². The second-order valence-electron chi connectivity index (χ2n) is 5.78. The number of urea groups is 1. The van der Waals surface area contributed by atoms with E-state index in [9.17, 15) is 14.7 Å². The number of carbonyl (C=O) groups excluding carboxylic acids is 1. The number of nitrogens with one attached hydrogen (secondary N) is 2. The van der Waals surface area contributed by atoms with Gasteiger partial charge in [-0.2, -0.15) is 0 Å². The summed E-state index contributed by atoms with van der Waals surface area (Å²) in [6.45, 7) is 7.63. The smallest absolute Gasteiger partial charge is 0.315 e. The molecule has 118 valence electrons. The van der Waals surface area contributed by atoms with Crippen LogP contribution < -0.4 is 10.6 Å². The van der Waals surface area contributed by atoms with Crippen molar-refractivity contribution in [2.75, 3.05) is 6.54 Å². The maximum absolute atomic E-state index is 12.0. The monoisotopic (exact) mass is 312 g/mol. The summed E-state index contributed by atoms with van der Waals surface area (Å²) < 4.78 is 0. The Morgan fingerprint density at radius 3 is 2.52 bits per heavy atom. The predicted octanol–water partition coefficient (Wildman–Crippen LogP) is 3.25. The number of carboxylic acids is 1. The standard InChI is InChI=1S/C15H24N2O3S/c1-5-15(4,13(18)19)9-16-14(20)17-12(10(2)3)11-7-6-8-21-11/h6-8,10,12H,5,9H2,1-4H3,(H,18,19)(H2,16,17,20). The number of carbonyl (C=O) groups is 2. The van der Waals surface area contributed by atoms with E-state index in [1.54, 1.807) is 25.2 Å². The summed E-state index contributed by atoms with van der Waals surface area (Å²) in [5, 5.41) is 16.8.